The van der Waals surface area contributed by atoms with Gasteiger partial charge in [-0.2, -0.15) is 0 Å². The first-order valence-electron chi connectivity index (χ1n) is 6.97. The van der Waals surface area contributed by atoms with Gasteiger partial charge in [-0.25, -0.2) is 0 Å². The Morgan fingerprint density at radius 3 is 2.40 bits per heavy atom. The van der Waals surface area contributed by atoms with E-state index in [1.807, 2.05) is 45.9 Å². The molecule has 0 spiro atoms. The van der Waals surface area contributed by atoms with Crippen LogP contribution in [0.2, 0.25) is 0 Å². The van der Waals surface area contributed by atoms with Crippen LogP contribution in [0.15, 0.2) is 18.2 Å². The van der Waals surface area contributed by atoms with Gasteiger partial charge in [0.1, 0.15) is 6.61 Å². The van der Waals surface area contributed by atoms with Crippen molar-refractivity contribution in [3.8, 4) is 0 Å². The third-order valence-electron chi connectivity index (χ3n) is 3.23. The molecule has 0 aliphatic heterocycles. The molecule has 0 fully saturated rings. The summed E-state index contributed by atoms with van der Waals surface area (Å²) in [5.41, 5.74) is 3.12. The molecule has 0 aliphatic carbocycles. The molecule has 4 heteroatoms. The zero-order valence-corrected chi connectivity index (χ0v) is 13.1. The molecule has 1 aromatic rings. The fraction of sp³-hybridized carbons (Fsp3) is 0.562. The highest BCUT2D eigenvalue weighted by Crippen LogP contribution is 2.26. The number of anilines is 1. The van der Waals surface area contributed by atoms with Crippen molar-refractivity contribution in [1.82, 2.24) is 0 Å². The van der Waals surface area contributed by atoms with Gasteiger partial charge in [-0.05, 0) is 38.8 Å². The van der Waals surface area contributed by atoms with Crippen LogP contribution in [0.3, 0.4) is 0 Å². The summed E-state index contributed by atoms with van der Waals surface area (Å²) in [5.74, 6) is -0.0335. The highest BCUT2D eigenvalue weighted by atomic mass is 16.5. The first-order chi connectivity index (χ1) is 9.52. The zero-order valence-electron chi connectivity index (χ0n) is 13.1. The van der Waals surface area contributed by atoms with Crippen LogP contribution >= 0.6 is 0 Å². The molecule has 0 heterocycles. The van der Waals surface area contributed by atoms with Gasteiger partial charge in [-0.3, -0.25) is 4.79 Å². The van der Waals surface area contributed by atoms with Crippen molar-refractivity contribution in [3.63, 3.8) is 0 Å². The van der Waals surface area contributed by atoms with Crippen molar-refractivity contribution in [2.24, 2.45) is 0 Å². The number of benzene rings is 1. The van der Waals surface area contributed by atoms with Gasteiger partial charge in [0, 0.05) is 19.4 Å². The normalized spacial score (nSPS) is 12.2. The minimum absolute atomic E-state index is 0.0335. The lowest BCUT2D eigenvalue weighted by atomic mass is 10.1. The molecule has 0 saturated carbocycles. The van der Waals surface area contributed by atoms with E-state index in [-0.39, 0.29) is 18.6 Å². The second kappa shape index (κ2) is 8.02. The highest BCUT2D eigenvalue weighted by Gasteiger charge is 2.24. The molecule has 0 aliphatic rings. The van der Waals surface area contributed by atoms with Crippen molar-refractivity contribution < 1.29 is 14.3 Å². The Kier molecular flexibility index (Phi) is 6.68. The van der Waals surface area contributed by atoms with Crippen molar-refractivity contribution in [1.29, 1.82) is 0 Å². The van der Waals surface area contributed by atoms with E-state index in [9.17, 15) is 4.79 Å². The zero-order chi connectivity index (χ0) is 15.1. The van der Waals surface area contributed by atoms with Crippen molar-refractivity contribution in [3.05, 3.63) is 29.3 Å². The molecule has 0 aromatic heterocycles. The van der Waals surface area contributed by atoms with Gasteiger partial charge in [-0.1, -0.05) is 18.2 Å². The van der Waals surface area contributed by atoms with Gasteiger partial charge in [-0.15, -0.1) is 0 Å². The lowest BCUT2D eigenvalue weighted by Crippen LogP contribution is -2.44. The molecule has 0 radical (unpaired) electrons. The first-order valence-corrected chi connectivity index (χ1v) is 6.97. The van der Waals surface area contributed by atoms with Crippen LogP contribution in [0, 0.1) is 13.8 Å². The summed E-state index contributed by atoms with van der Waals surface area (Å²) >= 11 is 0. The molecule has 1 amide bonds. The molecular formula is C16H25NO3. The van der Waals surface area contributed by atoms with Crippen molar-refractivity contribution in [2.45, 2.75) is 33.7 Å². The van der Waals surface area contributed by atoms with Gasteiger partial charge in [0.05, 0.1) is 12.6 Å². The summed E-state index contributed by atoms with van der Waals surface area (Å²) in [7, 11) is 1.65. The lowest BCUT2D eigenvalue weighted by Gasteiger charge is -2.31. The molecule has 112 valence electrons. The highest BCUT2D eigenvalue weighted by molar-refractivity contribution is 5.96. The third kappa shape index (κ3) is 4.05. The molecule has 0 saturated heterocycles. The Labute approximate surface area is 121 Å². The molecule has 0 N–H and O–H groups in total. The standard InChI is InChI=1S/C16H25NO3/c1-6-20-11-15(18)17(14(4)10-19-5)16-12(2)8-7-9-13(16)3/h7-9,14H,6,10-11H2,1-5H3. The fourth-order valence-corrected chi connectivity index (χ4v) is 2.35. The number of nitrogens with zero attached hydrogens (tertiary/aromatic N) is 1. The molecule has 1 aromatic carbocycles. The maximum atomic E-state index is 12.5. The molecular weight excluding hydrogens is 254 g/mol. The molecule has 0 bridgehead atoms. The lowest BCUT2D eigenvalue weighted by molar-refractivity contribution is -0.123. The Balaban J connectivity index is 3.12. The third-order valence-corrected chi connectivity index (χ3v) is 3.23. The van der Waals surface area contributed by atoms with Crippen LogP contribution in [-0.2, 0) is 14.3 Å². The number of rotatable bonds is 7. The fourth-order valence-electron chi connectivity index (χ4n) is 2.35. The number of carbonyl (C=O) groups is 1. The Bertz CT molecular complexity index is 425. The quantitative estimate of drug-likeness (QED) is 0.770. The predicted octanol–water partition coefficient (Wildman–Crippen LogP) is 2.71. The van der Waals surface area contributed by atoms with Crippen LogP contribution in [0.5, 0.6) is 0 Å². The molecule has 4 nitrogen and oxygen atoms in total. The number of hydrogen-bond donors (Lipinski definition) is 0. The van der Waals surface area contributed by atoms with Crippen LogP contribution in [0.1, 0.15) is 25.0 Å². The maximum absolute atomic E-state index is 12.5. The summed E-state index contributed by atoms with van der Waals surface area (Å²) in [6.07, 6.45) is 0. The summed E-state index contributed by atoms with van der Waals surface area (Å²) in [4.78, 5) is 14.3. The molecule has 20 heavy (non-hydrogen) atoms. The second-order valence-electron chi connectivity index (χ2n) is 4.95. The van der Waals surface area contributed by atoms with Crippen molar-refractivity contribution >= 4 is 11.6 Å². The SMILES string of the molecule is CCOCC(=O)N(c1c(C)cccc1C)C(C)COC. The molecule has 1 unspecified atom stereocenters. The van der Waals surface area contributed by atoms with E-state index in [2.05, 4.69) is 0 Å². The van der Waals surface area contributed by atoms with Crippen LogP contribution < -0.4 is 4.90 Å². The van der Waals surface area contributed by atoms with E-state index in [1.165, 1.54) is 0 Å². The topological polar surface area (TPSA) is 38.8 Å². The number of ether oxygens (including phenoxy) is 2. The number of aryl methyl sites for hydroxylation is 2. The van der Waals surface area contributed by atoms with Gasteiger partial charge in [0.15, 0.2) is 0 Å². The first kappa shape index (κ1) is 16.7. The Hall–Kier alpha value is -1.39. The maximum Gasteiger partial charge on any atom is 0.253 e. The number of amides is 1. The van der Waals surface area contributed by atoms with Crippen LogP contribution in [-0.4, -0.2) is 38.9 Å². The van der Waals surface area contributed by atoms with E-state index < -0.39 is 0 Å². The predicted molar refractivity (Wildman–Crippen MR) is 81.2 cm³/mol. The van der Waals surface area contributed by atoms with Crippen LogP contribution in [0.4, 0.5) is 5.69 Å². The van der Waals surface area contributed by atoms with E-state index in [0.29, 0.717) is 13.2 Å². The van der Waals surface area contributed by atoms with E-state index in [4.69, 9.17) is 9.47 Å². The average molecular weight is 279 g/mol. The Morgan fingerprint density at radius 2 is 1.90 bits per heavy atom. The Morgan fingerprint density at radius 1 is 1.30 bits per heavy atom. The van der Waals surface area contributed by atoms with Crippen molar-refractivity contribution in [2.75, 3.05) is 31.8 Å². The molecule has 1 rings (SSSR count). The molecule has 1 atom stereocenters. The van der Waals surface area contributed by atoms with Gasteiger partial charge in [0.25, 0.3) is 5.91 Å². The van der Waals surface area contributed by atoms with Gasteiger partial charge < -0.3 is 14.4 Å². The van der Waals surface area contributed by atoms with Gasteiger partial charge in [0.2, 0.25) is 0 Å². The van der Waals surface area contributed by atoms with E-state index in [1.54, 1.807) is 12.0 Å². The summed E-state index contributed by atoms with van der Waals surface area (Å²) in [6, 6.07) is 6.00. The summed E-state index contributed by atoms with van der Waals surface area (Å²) < 4.78 is 10.5. The number of para-hydroxylation sites is 1. The average Bonchev–Trinajstić information content (AvgIpc) is 2.40. The summed E-state index contributed by atoms with van der Waals surface area (Å²) in [6.45, 7) is 9.02. The van der Waals surface area contributed by atoms with Gasteiger partial charge >= 0.3 is 0 Å². The minimum atomic E-state index is -0.0345. The smallest absolute Gasteiger partial charge is 0.253 e. The number of hydrogen-bond acceptors (Lipinski definition) is 3. The second-order valence-corrected chi connectivity index (χ2v) is 4.95. The minimum Gasteiger partial charge on any atom is -0.383 e. The summed E-state index contributed by atoms with van der Waals surface area (Å²) in [5, 5.41) is 0. The van der Waals surface area contributed by atoms with Crippen LogP contribution in [0.25, 0.3) is 0 Å². The van der Waals surface area contributed by atoms with E-state index >= 15 is 0 Å². The monoisotopic (exact) mass is 279 g/mol. The van der Waals surface area contributed by atoms with E-state index in [0.717, 1.165) is 16.8 Å². The number of methoxy groups -OCH3 is 1. The largest absolute Gasteiger partial charge is 0.383 e. The number of carbonyl (C=O) groups excluding carboxylic acids is 1.